The number of hydrogen-bond acceptors (Lipinski definition) is 5. The summed E-state index contributed by atoms with van der Waals surface area (Å²) in [5, 5.41) is 13.0. The lowest BCUT2D eigenvalue weighted by atomic mass is 10.1. The molecule has 0 radical (unpaired) electrons. The van der Waals surface area contributed by atoms with E-state index in [-0.39, 0.29) is 0 Å². The first-order chi connectivity index (χ1) is 17.4. The van der Waals surface area contributed by atoms with Crippen LogP contribution in [0.25, 0.3) is 54.3 Å². The van der Waals surface area contributed by atoms with Gasteiger partial charge in [-0.2, -0.15) is 0 Å². The Morgan fingerprint density at radius 1 is 0.514 bits per heavy atom. The van der Waals surface area contributed by atoms with E-state index in [1.165, 1.54) is 0 Å². The van der Waals surface area contributed by atoms with Gasteiger partial charge in [0.25, 0.3) is 0 Å². The van der Waals surface area contributed by atoms with Gasteiger partial charge < -0.3 is 9.13 Å². The lowest BCUT2D eigenvalue weighted by Gasteiger charge is -2.10. The molecule has 0 unspecified atom stereocenters. The second-order valence-electron chi connectivity index (χ2n) is 8.16. The van der Waals surface area contributed by atoms with Crippen molar-refractivity contribution in [3.8, 4) is 32.5 Å². The Labute approximate surface area is 204 Å². The average molecular weight is 471 g/mol. The van der Waals surface area contributed by atoms with E-state index < -0.39 is 0 Å². The maximum absolute atomic E-state index is 4.71. The minimum Gasteiger partial charge on any atom is -0.323 e. The van der Waals surface area contributed by atoms with Gasteiger partial charge in [0, 0.05) is 59.1 Å². The first kappa shape index (κ1) is 19.8. The second-order valence-corrected chi connectivity index (χ2v) is 9.13. The zero-order valence-electron chi connectivity index (χ0n) is 18.5. The second kappa shape index (κ2) is 8.00. The van der Waals surface area contributed by atoms with E-state index in [2.05, 4.69) is 55.7 Å². The molecule has 35 heavy (non-hydrogen) atoms. The fourth-order valence-electron chi connectivity index (χ4n) is 4.54. The van der Waals surface area contributed by atoms with Gasteiger partial charge in [0.15, 0.2) is 0 Å². The van der Waals surface area contributed by atoms with Crippen molar-refractivity contribution in [3.63, 3.8) is 0 Å². The predicted octanol–water partition coefficient (Wildman–Crippen LogP) is 6.55. The molecule has 5 heterocycles. The molecule has 7 aromatic rings. The molecule has 0 fully saturated rings. The summed E-state index contributed by atoms with van der Waals surface area (Å²) >= 11 is 1.56. The lowest BCUT2D eigenvalue weighted by Crippen LogP contribution is -1.94. The molecule has 0 aliphatic heterocycles. The van der Waals surface area contributed by atoms with Crippen LogP contribution in [0.2, 0.25) is 0 Å². The van der Waals surface area contributed by atoms with Gasteiger partial charge in [-0.3, -0.25) is 9.97 Å². The fraction of sp³-hybridized carbons (Fsp3) is 0. The van der Waals surface area contributed by atoms with E-state index in [9.17, 15) is 0 Å². The van der Waals surface area contributed by atoms with Crippen molar-refractivity contribution in [2.24, 2.45) is 0 Å². The summed E-state index contributed by atoms with van der Waals surface area (Å²) in [5.74, 6) is 0. The monoisotopic (exact) mass is 470 g/mol. The van der Waals surface area contributed by atoms with Gasteiger partial charge in [-0.05, 0) is 72.8 Å². The van der Waals surface area contributed by atoms with E-state index in [1.807, 2.05) is 73.6 Å². The zero-order chi connectivity index (χ0) is 23.2. The molecule has 2 aromatic carbocycles. The van der Waals surface area contributed by atoms with Crippen LogP contribution in [0.4, 0.5) is 0 Å². The van der Waals surface area contributed by atoms with Gasteiger partial charge in [-0.15, -0.1) is 10.2 Å². The Kier molecular flexibility index (Phi) is 4.53. The summed E-state index contributed by atoms with van der Waals surface area (Å²) in [5.41, 5.74) is 5.94. The van der Waals surface area contributed by atoms with Crippen molar-refractivity contribution in [1.82, 2.24) is 29.3 Å². The molecular formula is C28H18N6S. The van der Waals surface area contributed by atoms with Gasteiger partial charge in [0.05, 0.1) is 22.4 Å². The molecule has 5 aromatic heterocycles. The molecule has 0 aliphatic carbocycles. The molecule has 0 saturated carbocycles. The summed E-state index contributed by atoms with van der Waals surface area (Å²) in [7, 11) is 0. The summed E-state index contributed by atoms with van der Waals surface area (Å²) in [6, 6.07) is 24.6. The molecule has 0 bridgehead atoms. The van der Waals surface area contributed by atoms with Crippen molar-refractivity contribution in [2.75, 3.05) is 0 Å². The van der Waals surface area contributed by atoms with Crippen molar-refractivity contribution in [3.05, 3.63) is 110 Å². The molecule has 0 amide bonds. The van der Waals surface area contributed by atoms with Crippen LogP contribution >= 0.6 is 11.3 Å². The third-order valence-electron chi connectivity index (χ3n) is 6.14. The zero-order valence-corrected chi connectivity index (χ0v) is 19.3. The molecule has 0 saturated heterocycles. The van der Waals surface area contributed by atoms with Crippen LogP contribution in [0.1, 0.15) is 0 Å². The van der Waals surface area contributed by atoms with Crippen LogP contribution in [0.15, 0.2) is 110 Å². The van der Waals surface area contributed by atoms with E-state index in [1.54, 1.807) is 11.3 Å². The van der Waals surface area contributed by atoms with Gasteiger partial charge >= 0.3 is 0 Å². The summed E-state index contributed by atoms with van der Waals surface area (Å²) in [6.45, 7) is 0. The lowest BCUT2D eigenvalue weighted by molar-refractivity contribution is 1.08. The number of aromatic nitrogens is 6. The Morgan fingerprint density at radius 3 is 1.43 bits per heavy atom. The quantitative estimate of drug-likeness (QED) is 0.293. The normalized spacial score (nSPS) is 11.4. The summed E-state index contributed by atoms with van der Waals surface area (Å²) < 4.78 is 4.20. The molecular weight excluding hydrogens is 452 g/mol. The number of pyridine rings is 2. The number of hydrogen-bond donors (Lipinski definition) is 0. The summed E-state index contributed by atoms with van der Waals surface area (Å²) in [6.07, 6.45) is 11.8. The molecule has 0 atom stereocenters. The molecule has 7 rings (SSSR count). The third-order valence-corrected chi connectivity index (χ3v) is 7.13. The Bertz CT molecular complexity index is 1670. The number of nitrogens with zero attached hydrogens (tertiary/aromatic N) is 6. The van der Waals surface area contributed by atoms with Gasteiger partial charge in [-0.1, -0.05) is 11.3 Å². The molecule has 0 N–H and O–H groups in total. The number of benzene rings is 2. The molecule has 7 heteroatoms. The predicted molar refractivity (Wildman–Crippen MR) is 140 cm³/mol. The smallest absolute Gasteiger partial charge is 0.150 e. The standard InChI is InChI=1S/C28H18N6S/c1-2-16-33(15-1)23-11-9-21(25-19(23)7-5-13-29-25)27-31-32-28(35-27)22-10-12-24(34-17-3-4-18-34)20-8-6-14-30-26(20)22/h1-18H. The van der Waals surface area contributed by atoms with Crippen molar-refractivity contribution in [2.45, 2.75) is 0 Å². The van der Waals surface area contributed by atoms with Crippen LogP contribution in [0.5, 0.6) is 0 Å². The maximum Gasteiger partial charge on any atom is 0.150 e. The summed E-state index contributed by atoms with van der Waals surface area (Å²) in [4.78, 5) is 9.42. The van der Waals surface area contributed by atoms with Crippen molar-refractivity contribution >= 4 is 33.1 Å². The average Bonchev–Trinajstić information content (AvgIpc) is 3.70. The minimum atomic E-state index is 0.835. The Morgan fingerprint density at radius 2 is 0.971 bits per heavy atom. The minimum absolute atomic E-state index is 0.835. The molecule has 0 aliphatic rings. The van der Waals surface area contributed by atoms with Crippen LogP contribution < -0.4 is 0 Å². The highest BCUT2D eigenvalue weighted by Crippen LogP contribution is 2.38. The highest BCUT2D eigenvalue weighted by Gasteiger charge is 2.17. The first-order valence-corrected chi connectivity index (χ1v) is 12.0. The van der Waals surface area contributed by atoms with Crippen molar-refractivity contribution < 1.29 is 0 Å². The fourth-order valence-corrected chi connectivity index (χ4v) is 5.44. The van der Waals surface area contributed by atoms with E-state index >= 15 is 0 Å². The van der Waals surface area contributed by atoms with Crippen LogP contribution in [0.3, 0.4) is 0 Å². The Balaban J connectivity index is 1.37. The third kappa shape index (κ3) is 3.25. The highest BCUT2D eigenvalue weighted by atomic mass is 32.1. The van der Waals surface area contributed by atoms with Gasteiger partial charge in [0.1, 0.15) is 10.0 Å². The van der Waals surface area contributed by atoms with E-state index in [0.29, 0.717) is 0 Å². The maximum atomic E-state index is 4.71. The SMILES string of the molecule is c1cnc2c(-c3nnc(-c4ccc(-n5cccc5)c5cccnc45)s3)ccc(-n3cccc3)c2c1. The largest absolute Gasteiger partial charge is 0.323 e. The number of fused-ring (bicyclic) bond motifs is 2. The number of rotatable bonds is 4. The molecule has 0 spiro atoms. The van der Waals surface area contributed by atoms with Gasteiger partial charge in [0.2, 0.25) is 0 Å². The Hall–Kier alpha value is -4.62. The van der Waals surface area contributed by atoms with Crippen LogP contribution in [-0.2, 0) is 0 Å². The molecule has 6 nitrogen and oxygen atoms in total. The van der Waals surface area contributed by atoms with Crippen LogP contribution in [0, 0.1) is 0 Å². The first-order valence-electron chi connectivity index (χ1n) is 11.2. The highest BCUT2D eigenvalue weighted by molar-refractivity contribution is 7.18. The van der Waals surface area contributed by atoms with Gasteiger partial charge in [-0.25, -0.2) is 0 Å². The van der Waals surface area contributed by atoms with Crippen LogP contribution in [-0.4, -0.2) is 29.3 Å². The molecule has 166 valence electrons. The topological polar surface area (TPSA) is 61.4 Å². The van der Waals surface area contributed by atoms with Crippen molar-refractivity contribution in [1.29, 1.82) is 0 Å². The van der Waals surface area contributed by atoms with E-state index in [4.69, 9.17) is 9.97 Å². The van der Waals surface area contributed by atoms with E-state index in [0.717, 1.165) is 54.3 Å².